The van der Waals surface area contributed by atoms with E-state index in [4.69, 9.17) is 18.9 Å². The van der Waals surface area contributed by atoms with Gasteiger partial charge in [-0.25, -0.2) is 0 Å². The van der Waals surface area contributed by atoms with Crippen LogP contribution in [0.4, 0.5) is 0 Å². The molecule has 5 nitrogen and oxygen atoms in total. The zero-order valence-corrected chi connectivity index (χ0v) is 13.2. The molecule has 0 amide bonds. The van der Waals surface area contributed by atoms with E-state index in [1.54, 1.807) is 0 Å². The number of ether oxygens (including phenoxy) is 4. The second-order valence-corrected chi connectivity index (χ2v) is 5.77. The number of nitriles is 1. The molecular weight excluding hydrogens is 306 g/mol. The van der Waals surface area contributed by atoms with Crippen molar-refractivity contribution in [1.29, 1.82) is 5.26 Å². The van der Waals surface area contributed by atoms with Crippen molar-refractivity contribution in [2.45, 2.75) is 12.3 Å². The average molecular weight is 323 g/mol. The summed E-state index contributed by atoms with van der Waals surface area (Å²) in [6.45, 7) is 2.23. The van der Waals surface area contributed by atoms with Crippen LogP contribution in [0.3, 0.4) is 0 Å². The molecule has 122 valence electrons. The number of fused-ring (bicyclic) bond motifs is 2. The zero-order chi connectivity index (χ0) is 16.4. The molecule has 0 spiro atoms. The summed E-state index contributed by atoms with van der Waals surface area (Å²) >= 11 is 0. The van der Waals surface area contributed by atoms with E-state index in [9.17, 15) is 5.26 Å². The fraction of sp³-hybridized carbons (Fsp3) is 0.316. The van der Waals surface area contributed by atoms with E-state index < -0.39 is 0 Å². The lowest BCUT2D eigenvalue weighted by atomic mass is 9.92. The van der Waals surface area contributed by atoms with Crippen LogP contribution in [-0.2, 0) is 6.42 Å². The van der Waals surface area contributed by atoms with Gasteiger partial charge in [-0.3, -0.25) is 0 Å². The minimum absolute atomic E-state index is 0.261. The van der Waals surface area contributed by atoms with Crippen molar-refractivity contribution in [3.05, 3.63) is 47.5 Å². The Labute approximate surface area is 140 Å². The summed E-state index contributed by atoms with van der Waals surface area (Å²) in [6.07, 6.45) is 0.604. The Morgan fingerprint density at radius 1 is 0.792 bits per heavy atom. The minimum Gasteiger partial charge on any atom is -0.486 e. The van der Waals surface area contributed by atoms with Crippen molar-refractivity contribution in [2.75, 3.05) is 26.4 Å². The van der Waals surface area contributed by atoms with Gasteiger partial charge in [0.25, 0.3) is 0 Å². The second-order valence-electron chi connectivity index (χ2n) is 5.77. The van der Waals surface area contributed by atoms with E-state index in [1.807, 2.05) is 36.4 Å². The second kappa shape index (κ2) is 6.32. The first-order valence-corrected chi connectivity index (χ1v) is 8.01. The molecule has 0 saturated heterocycles. The zero-order valence-electron chi connectivity index (χ0n) is 13.2. The smallest absolute Gasteiger partial charge is 0.161 e. The molecular formula is C19H17NO4. The number of nitrogens with zero attached hydrogens (tertiary/aromatic N) is 1. The molecule has 0 radical (unpaired) electrons. The molecule has 2 aliphatic rings. The molecule has 0 saturated carbocycles. The molecule has 2 heterocycles. The Morgan fingerprint density at radius 3 is 2.04 bits per heavy atom. The maximum absolute atomic E-state index is 9.61. The van der Waals surface area contributed by atoms with Crippen LogP contribution >= 0.6 is 0 Å². The topological polar surface area (TPSA) is 60.7 Å². The lowest BCUT2D eigenvalue weighted by Gasteiger charge is -2.21. The number of hydrogen-bond acceptors (Lipinski definition) is 5. The number of hydrogen-bond donors (Lipinski definition) is 0. The lowest BCUT2D eigenvalue weighted by Crippen LogP contribution is -2.16. The molecule has 2 aliphatic heterocycles. The van der Waals surface area contributed by atoms with Crippen LogP contribution in [0.2, 0.25) is 0 Å². The minimum atomic E-state index is -0.261. The van der Waals surface area contributed by atoms with Gasteiger partial charge in [0.1, 0.15) is 26.4 Å². The molecule has 4 rings (SSSR count). The molecule has 2 aromatic carbocycles. The molecule has 0 aliphatic carbocycles. The summed E-state index contributed by atoms with van der Waals surface area (Å²) in [5, 5.41) is 9.61. The Bertz CT molecular complexity index is 796. The highest BCUT2D eigenvalue weighted by Gasteiger charge is 2.19. The first kappa shape index (κ1) is 14.7. The molecule has 0 fully saturated rings. The van der Waals surface area contributed by atoms with Crippen molar-refractivity contribution >= 4 is 0 Å². The highest BCUT2D eigenvalue weighted by Crippen LogP contribution is 2.35. The fourth-order valence-corrected chi connectivity index (χ4v) is 2.97. The highest BCUT2D eigenvalue weighted by molar-refractivity contribution is 5.47. The van der Waals surface area contributed by atoms with Gasteiger partial charge in [-0.1, -0.05) is 12.1 Å². The van der Waals surface area contributed by atoms with Crippen molar-refractivity contribution in [2.24, 2.45) is 0 Å². The van der Waals surface area contributed by atoms with E-state index in [0.29, 0.717) is 38.6 Å². The Balaban J connectivity index is 1.57. The van der Waals surface area contributed by atoms with Crippen molar-refractivity contribution in [3.8, 4) is 29.1 Å². The third-order valence-corrected chi connectivity index (χ3v) is 4.17. The molecule has 1 unspecified atom stereocenters. The lowest BCUT2D eigenvalue weighted by molar-refractivity contribution is 0.171. The SMILES string of the molecule is N#CC(Cc1ccc2c(c1)OCCO2)c1ccc2c(c1)OCCO2. The van der Waals surface area contributed by atoms with Crippen molar-refractivity contribution < 1.29 is 18.9 Å². The van der Waals surface area contributed by atoms with Gasteiger partial charge in [-0.15, -0.1) is 0 Å². The van der Waals surface area contributed by atoms with Gasteiger partial charge in [0.15, 0.2) is 23.0 Å². The summed E-state index contributed by atoms with van der Waals surface area (Å²) in [7, 11) is 0. The van der Waals surface area contributed by atoms with Gasteiger partial charge in [0.05, 0.1) is 12.0 Å². The predicted octanol–water partition coefficient (Wildman–Crippen LogP) is 3.08. The van der Waals surface area contributed by atoms with Crippen molar-refractivity contribution in [3.63, 3.8) is 0 Å². The third-order valence-electron chi connectivity index (χ3n) is 4.17. The standard InChI is InChI=1S/C19H17NO4/c20-12-15(14-2-4-17-19(11-14)24-8-6-22-17)9-13-1-3-16-18(10-13)23-7-5-21-16/h1-4,10-11,15H,5-9H2. The van der Waals surface area contributed by atoms with Gasteiger partial charge in [-0.05, 0) is 41.8 Å². The maximum atomic E-state index is 9.61. The van der Waals surface area contributed by atoms with Gasteiger partial charge >= 0.3 is 0 Å². The molecule has 0 bridgehead atoms. The Hall–Kier alpha value is -2.87. The molecule has 0 aromatic heterocycles. The van der Waals surface area contributed by atoms with Gasteiger partial charge in [-0.2, -0.15) is 5.26 Å². The summed E-state index contributed by atoms with van der Waals surface area (Å²) in [4.78, 5) is 0. The van der Waals surface area contributed by atoms with Crippen LogP contribution < -0.4 is 18.9 Å². The summed E-state index contributed by atoms with van der Waals surface area (Å²) in [6, 6.07) is 13.9. The quantitative estimate of drug-likeness (QED) is 0.869. The monoisotopic (exact) mass is 323 g/mol. The van der Waals surface area contributed by atoms with Gasteiger partial charge < -0.3 is 18.9 Å². The van der Waals surface area contributed by atoms with E-state index in [0.717, 1.165) is 28.4 Å². The first-order valence-electron chi connectivity index (χ1n) is 8.01. The van der Waals surface area contributed by atoms with Crippen LogP contribution in [0.25, 0.3) is 0 Å². The number of rotatable bonds is 3. The van der Waals surface area contributed by atoms with E-state index >= 15 is 0 Å². The molecule has 5 heteroatoms. The Morgan fingerprint density at radius 2 is 1.38 bits per heavy atom. The van der Waals surface area contributed by atoms with Crippen molar-refractivity contribution in [1.82, 2.24) is 0 Å². The Kier molecular flexibility index (Phi) is 3.87. The summed E-state index contributed by atoms with van der Waals surface area (Å²) < 4.78 is 22.3. The normalized spacial score (nSPS) is 16.1. The molecule has 24 heavy (non-hydrogen) atoms. The third kappa shape index (κ3) is 2.83. The fourth-order valence-electron chi connectivity index (χ4n) is 2.97. The molecule has 1 atom stereocenters. The van der Waals surface area contributed by atoms with Gasteiger partial charge in [0.2, 0.25) is 0 Å². The van der Waals surface area contributed by atoms with E-state index in [1.165, 1.54) is 0 Å². The molecule has 0 N–H and O–H groups in total. The first-order chi connectivity index (χ1) is 11.8. The average Bonchev–Trinajstić information content (AvgIpc) is 2.65. The predicted molar refractivity (Wildman–Crippen MR) is 86.9 cm³/mol. The van der Waals surface area contributed by atoms with Crippen LogP contribution in [0.1, 0.15) is 17.0 Å². The maximum Gasteiger partial charge on any atom is 0.161 e. The van der Waals surface area contributed by atoms with Crippen LogP contribution in [0.15, 0.2) is 36.4 Å². The van der Waals surface area contributed by atoms with Gasteiger partial charge in [0, 0.05) is 0 Å². The highest BCUT2D eigenvalue weighted by atomic mass is 16.6. The summed E-state index contributed by atoms with van der Waals surface area (Å²) in [5.74, 6) is 2.70. The number of benzene rings is 2. The largest absolute Gasteiger partial charge is 0.486 e. The van der Waals surface area contributed by atoms with Crippen LogP contribution in [0.5, 0.6) is 23.0 Å². The van der Waals surface area contributed by atoms with E-state index in [2.05, 4.69) is 6.07 Å². The van der Waals surface area contributed by atoms with E-state index in [-0.39, 0.29) is 5.92 Å². The van der Waals surface area contributed by atoms with Crippen LogP contribution in [-0.4, -0.2) is 26.4 Å². The molecule has 2 aromatic rings. The summed E-state index contributed by atoms with van der Waals surface area (Å²) in [5.41, 5.74) is 1.97. The van der Waals surface area contributed by atoms with Crippen LogP contribution in [0, 0.1) is 11.3 Å².